The molecule has 0 saturated heterocycles. The van der Waals surface area contributed by atoms with Gasteiger partial charge in [0.05, 0.1) is 13.1 Å². The van der Waals surface area contributed by atoms with E-state index in [1.54, 1.807) is 19.3 Å². The number of aliphatic imine (C=N–C) groups is 1. The average molecular weight is 382 g/mol. The Bertz CT molecular complexity index is 913. The molecule has 148 valence electrons. The first kappa shape index (κ1) is 19.7. The number of aromatic nitrogens is 1. The molecule has 0 saturated carbocycles. The Morgan fingerprint density at radius 1 is 1.18 bits per heavy atom. The molecule has 0 bridgehead atoms. The molecule has 1 atom stereocenters. The highest BCUT2D eigenvalue weighted by Crippen LogP contribution is 2.22. The van der Waals surface area contributed by atoms with E-state index in [1.165, 1.54) is 0 Å². The van der Waals surface area contributed by atoms with Gasteiger partial charge < -0.3 is 24.6 Å². The van der Waals surface area contributed by atoms with Gasteiger partial charge in [-0.15, -0.1) is 0 Å². The van der Waals surface area contributed by atoms with Crippen LogP contribution in [0.2, 0.25) is 0 Å². The summed E-state index contributed by atoms with van der Waals surface area (Å²) in [6, 6.07) is 13.3. The maximum absolute atomic E-state index is 10.7. The van der Waals surface area contributed by atoms with Crippen LogP contribution >= 0.6 is 0 Å². The highest BCUT2D eigenvalue weighted by molar-refractivity contribution is 5.79. The quantitative estimate of drug-likeness (QED) is 0.429. The largest absolute Gasteiger partial charge is 0.463 e. The Morgan fingerprint density at radius 2 is 1.96 bits per heavy atom. The van der Waals surface area contributed by atoms with Crippen LogP contribution in [-0.4, -0.2) is 29.1 Å². The maximum Gasteiger partial charge on any atom is 0.226 e. The first-order valence-corrected chi connectivity index (χ1v) is 9.29. The van der Waals surface area contributed by atoms with E-state index in [0.717, 1.165) is 17.0 Å². The predicted molar refractivity (Wildman–Crippen MR) is 108 cm³/mol. The van der Waals surface area contributed by atoms with E-state index in [9.17, 15) is 5.11 Å². The first-order chi connectivity index (χ1) is 13.5. The Morgan fingerprint density at radius 3 is 2.64 bits per heavy atom. The van der Waals surface area contributed by atoms with Gasteiger partial charge in [-0.25, -0.2) is 9.98 Å². The second kappa shape index (κ2) is 8.75. The molecule has 0 spiro atoms. The number of guanidine groups is 1. The lowest BCUT2D eigenvalue weighted by atomic mass is 10.0. The van der Waals surface area contributed by atoms with Gasteiger partial charge in [0.15, 0.2) is 5.96 Å². The number of hydrogen-bond acceptors (Lipinski definition) is 5. The smallest absolute Gasteiger partial charge is 0.226 e. The fourth-order valence-electron chi connectivity index (χ4n) is 2.66. The van der Waals surface area contributed by atoms with Gasteiger partial charge in [0.1, 0.15) is 29.1 Å². The van der Waals surface area contributed by atoms with Gasteiger partial charge >= 0.3 is 0 Å². The van der Waals surface area contributed by atoms with Gasteiger partial charge in [-0.1, -0.05) is 18.2 Å². The second-order valence-electron chi connectivity index (χ2n) is 6.74. The second-order valence-corrected chi connectivity index (χ2v) is 6.74. The Balaban J connectivity index is 1.63. The van der Waals surface area contributed by atoms with Crippen LogP contribution in [0.4, 0.5) is 0 Å². The molecule has 28 heavy (non-hydrogen) atoms. The summed E-state index contributed by atoms with van der Waals surface area (Å²) >= 11 is 0. The predicted octanol–water partition coefficient (Wildman–Crippen LogP) is 3.21. The number of benzene rings is 1. The first-order valence-electron chi connectivity index (χ1n) is 9.29. The number of hydrogen-bond donors (Lipinski definition) is 3. The lowest BCUT2D eigenvalue weighted by Crippen LogP contribution is -2.44. The SMILES string of the molecule is CCNC(=NCc1coc(-c2ccccc2)n1)NCC(C)(O)c1ccc(C)o1. The minimum Gasteiger partial charge on any atom is -0.463 e. The van der Waals surface area contributed by atoms with E-state index < -0.39 is 5.60 Å². The van der Waals surface area contributed by atoms with Crippen molar-refractivity contribution < 1.29 is 13.9 Å². The van der Waals surface area contributed by atoms with Crippen molar-refractivity contribution in [1.82, 2.24) is 15.6 Å². The summed E-state index contributed by atoms with van der Waals surface area (Å²) in [5.41, 5.74) is 0.496. The zero-order valence-corrected chi connectivity index (χ0v) is 16.4. The number of nitrogens with zero attached hydrogens (tertiary/aromatic N) is 2. The van der Waals surface area contributed by atoms with Crippen LogP contribution in [0.15, 0.2) is 62.6 Å². The van der Waals surface area contributed by atoms with Gasteiger partial charge in [0, 0.05) is 12.1 Å². The summed E-state index contributed by atoms with van der Waals surface area (Å²) in [5, 5.41) is 17.0. The number of aryl methyl sites for hydroxylation is 1. The highest BCUT2D eigenvalue weighted by Gasteiger charge is 2.27. The highest BCUT2D eigenvalue weighted by atomic mass is 16.4. The molecule has 0 aliphatic heterocycles. The number of furan rings is 1. The van der Waals surface area contributed by atoms with E-state index in [1.807, 2.05) is 50.2 Å². The molecular weight excluding hydrogens is 356 g/mol. The maximum atomic E-state index is 10.7. The van der Waals surface area contributed by atoms with Crippen molar-refractivity contribution in [2.45, 2.75) is 32.9 Å². The molecule has 2 heterocycles. The lowest BCUT2D eigenvalue weighted by molar-refractivity contribution is 0.0378. The standard InChI is InChI=1S/C21H26N4O3/c1-4-22-20(24-14-21(3,26)18-11-10-15(2)28-18)23-12-17-13-27-19(25-17)16-8-6-5-7-9-16/h5-11,13,26H,4,12,14H2,1-3H3,(H2,22,23,24). The molecule has 0 radical (unpaired) electrons. The number of rotatable bonds is 7. The topological polar surface area (TPSA) is 95.8 Å². The number of nitrogens with one attached hydrogen (secondary N) is 2. The summed E-state index contributed by atoms with van der Waals surface area (Å²) in [4.78, 5) is 9.00. The fraction of sp³-hybridized carbons (Fsp3) is 0.333. The molecule has 7 heteroatoms. The van der Waals surface area contributed by atoms with E-state index in [2.05, 4.69) is 20.6 Å². The minimum absolute atomic E-state index is 0.250. The summed E-state index contributed by atoms with van der Waals surface area (Å²) in [5.74, 6) is 2.42. The molecule has 1 aromatic carbocycles. The summed E-state index contributed by atoms with van der Waals surface area (Å²) in [6.45, 7) is 6.83. The van der Waals surface area contributed by atoms with E-state index in [0.29, 0.717) is 30.7 Å². The average Bonchev–Trinajstić information content (AvgIpc) is 3.34. The normalized spacial score (nSPS) is 13.9. The zero-order chi connectivity index (χ0) is 20.0. The lowest BCUT2D eigenvalue weighted by Gasteiger charge is -2.22. The van der Waals surface area contributed by atoms with Crippen molar-refractivity contribution in [3.63, 3.8) is 0 Å². The molecule has 3 rings (SSSR count). The monoisotopic (exact) mass is 382 g/mol. The van der Waals surface area contributed by atoms with Crippen LogP contribution in [-0.2, 0) is 12.1 Å². The van der Waals surface area contributed by atoms with Crippen LogP contribution in [0, 0.1) is 6.92 Å². The fourth-order valence-corrected chi connectivity index (χ4v) is 2.66. The van der Waals surface area contributed by atoms with E-state index in [4.69, 9.17) is 8.83 Å². The molecular formula is C21H26N4O3. The van der Waals surface area contributed by atoms with Gasteiger partial charge in [0.25, 0.3) is 0 Å². The van der Waals surface area contributed by atoms with Crippen molar-refractivity contribution in [2.75, 3.05) is 13.1 Å². The number of oxazole rings is 1. The van der Waals surface area contributed by atoms with E-state index >= 15 is 0 Å². The van der Waals surface area contributed by atoms with Crippen LogP contribution < -0.4 is 10.6 Å². The molecule has 0 aliphatic carbocycles. The Labute approximate surface area is 164 Å². The van der Waals surface area contributed by atoms with Gasteiger partial charge in [0.2, 0.25) is 5.89 Å². The van der Waals surface area contributed by atoms with Crippen LogP contribution in [0.3, 0.4) is 0 Å². The molecule has 0 amide bonds. The zero-order valence-electron chi connectivity index (χ0n) is 16.4. The van der Waals surface area contributed by atoms with E-state index in [-0.39, 0.29) is 6.54 Å². The third-order valence-corrected chi connectivity index (χ3v) is 4.19. The van der Waals surface area contributed by atoms with Crippen molar-refractivity contribution in [3.05, 3.63) is 65.9 Å². The Hall–Kier alpha value is -3.06. The van der Waals surface area contributed by atoms with Crippen molar-refractivity contribution >= 4 is 5.96 Å². The molecule has 0 fully saturated rings. The minimum atomic E-state index is -1.15. The third kappa shape index (κ3) is 5.01. The summed E-state index contributed by atoms with van der Waals surface area (Å²) in [7, 11) is 0. The Kier molecular flexibility index (Phi) is 6.16. The molecule has 2 aromatic heterocycles. The molecule has 0 aliphatic rings. The van der Waals surface area contributed by atoms with Crippen molar-refractivity contribution in [1.29, 1.82) is 0 Å². The van der Waals surface area contributed by atoms with Crippen molar-refractivity contribution in [2.24, 2.45) is 4.99 Å². The van der Waals surface area contributed by atoms with Crippen LogP contribution in [0.25, 0.3) is 11.5 Å². The summed E-state index contributed by atoms with van der Waals surface area (Å²) < 4.78 is 11.1. The molecule has 3 N–H and O–H groups in total. The van der Waals surface area contributed by atoms with Gasteiger partial charge in [-0.3, -0.25) is 0 Å². The molecule has 7 nitrogen and oxygen atoms in total. The van der Waals surface area contributed by atoms with Crippen LogP contribution in [0.5, 0.6) is 0 Å². The van der Waals surface area contributed by atoms with Crippen molar-refractivity contribution in [3.8, 4) is 11.5 Å². The van der Waals surface area contributed by atoms with Gasteiger partial charge in [-0.05, 0) is 45.0 Å². The third-order valence-electron chi connectivity index (χ3n) is 4.19. The van der Waals surface area contributed by atoms with Gasteiger partial charge in [-0.2, -0.15) is 0 Å². The number of aliphatic hydroxyl groups is 1. The van der Waals surface area contributed by atoms with Crippen LogP contribution in [0.1, 0.15) is 31.1 Å². The molecule has 1 unspecified atom stereocenters. The molecule has 3 aromatic rings. The summed E-state index contributed by atoms with van der Waals surface area (Å²) in [6.07, 6.45) is 1.61.